The van der Waals surface area contributed by atoms with Crippen LogP contribution in [-0.4, -0.2) is 18.2 Å². The lowest BCUT2D eigenvalue weighted by molar-refractivity contribution is 0.565. The zero-order valence-corrected chi connectivity index (χ0v) is 15.0. The van der Waals surface area contributed by atoms with Crippen LogP contribution in [0.5, 0.6) is 0 Å². The van der Waals surface area contributed by atoms with Crippen molar-refractivity contribution in [2.75, 3.05) is 0 Å². The monoisotopic (exact) mass is 361 g/mol. The van der Waals surface area contributed by atoms with Crippen LogP contribution in [-0.2, 0) is 17.1 Å². The van der Waals surface area contributed by atoms with Crippen LogP contribution in [0.15, 0.2) is 23.1 Å². The van der Waals surface area contributed by atoms with E-state index < -0.39 is 16.1 Å². The van der Waals surface area contributed by atoms with Crippen LogP contribution < -0.4 is 4.72 Å². The first-order valence-electron chi connectivity index (χ1n) is 6.61. The molecular weight excluding hydrogens is 345 g/mol. The van der Waals surface area contributed by atoms with Crippen LogP contribution in [0.3, 0.4) is 0 Å². The maximum Gasteiger partial charge on any atom is 0.244 e. The Morgan fingerprint density at radius 1 is 1.23 bits per heavy atom. The van der Waals surface area contributed by atoms with Gasteiger partial charge in [0.1, 0.15) is 4.90 Å². The van der Waals surface area contributed by atoms with Crippen molar-refractivity contribution < 1.29 is 8.42 Å². The summed E-state index contributed by atoms with van der Waals surface area (Å²) in [7, 11) is -1.97. The first-order valence-corrected chi connectivity index (χ1v) is 8.85. The SMILES string of the molecule is Cc1nn(C)c(C)c1S(=O)(=O)NC(C)c1ccc(Cl)c(Cl)c1. The van der Waals surface area contributed by atoms with Crippen LogP contribution in [0.2, 0.25) is 10.0 Å². The highest BCUT2D eigenvalue weighted by atomic mass is 35.5. The summed E-state index contributed by atoms with van der Waals surface area (Å²) in [5, 5.41) is 4.96. The molecule has 0 saturated carbocycles. The number of sulfonamides is 1. The highest BCUT2D eigenvalue weighted by Gasteiger charge is 2.25. The number of nitrogens with zero attached hydrogens (tertiary/aromatic N) is 2. The summed E-state index contributed by atoms with van der Waals surface area (Å²) in [6.45, 7) is 5.14. The molecule has 0 aliphatic rings. The van der Waals surface area contributed by atoms with Crippen molar-refractivity contribution in [3.05, 3.63) is 45.2 Å². The smallest absolute Gasteiger partial charge is 0.244 e. The van der Waals surface area contributed by atoms with Gasteiger partial charge in [0.2, 0.25) is 10.0 Å². The zero-order valence-electron chi connectivity index (χ0n) is 12.7. The van der Waals surface area contributed by atoms with Gasteiger partial charge in [-0.1, -0.05) is 29.3 Å². The third kappa shape index (κ3) is 3.30. The third-order valence-corrected chi connectivity index (χ3v) is 6.02. The van der Waals surface area contributed by atoms with Gasteiger partial charge in [0.25, 0.3) is 0 Å². The molecule has 2 aromatic rings. The minimum atomic E-state index is -3.68. The van der Waals surface area contributed by atoms with E-state index in [1.165, 1.54) is 0 Å². The predicted octanol–water partition coefficient (Wildman–Crippen LogP) is 3.38. The molecule has 0 radical (unpaired) electrons. The van der Waals surface area contributed by atoms with E-state index in [1.54, 1.807) is 50.7 Å². The lowest BCUT2D eigenvalue weighted by atomic mass is 10.1. The van der Waals surface area contributed by atoms with Crippen molar-refractivity contribution in [3.63, 3.8) is 0 Å². The number of hydrogen-bond donors (Lipinski definition) is 1. The minimum Gasteiger partial charge on any atom is -0.271 e. The van der Waals surface area contributed by atoms with Crippen molar-refractivity contribution in [1.82, 2.24) is 14.5 Å². The maximum atomic E-state index is 12.6. The lowest BCUT2D eigenvalue weighted by Gasteiger charge is -2.15. The summed E-state index contributed by atoms with van der Waals surface area (Å²) in [5.41, 5.74) is 1.79. The molecule has 1 aromatic carbocycles. The molecule has 22 heavy (non-hydrogen) atoms. The van der Waals surface area contributed by atoms with Gasteiger partial charge in [-0.15, -0.1) is 0 Å². The van der Waals surface area contributed by atoms with E-state index >= 15 is 0 Å². The van der Waals surface area contributed by atoms with Gasteiger partial charge in [-0.2, -0.15) is 5.10 Å². The average molecular weight is 362 g/mol. The van der Waals surface area contributed by atoms with Crippen LogP contribution in [0.25, 0.3) is 0 Å². The normalized spacial score (nSPS) is 13.4. The largest absolute Gasteiger partial charge is 0.271 e. The van der Waals surface area contributed by atoms with Crippen LogP contribution in [0.1, 0.15) is 29.9 Å². The number of halogens is 2. The number of hydrogen-bond acceptors (Lipinski definition) is 3. The molecule has 1 heterocycles. The first kappa shape index (κ1) is 17.3. The quantitative estimate of drug-likeness (QED) is 0.907. The van der Waals surface area contributed by atoms with Gasteiger partial charge in [0, 0.05) is 13.1 Å². The average Bonchev–Trinajstić information content (AvgIpc) is 2.66. The minimum absolute atomic E-state index is 0.210. The zero-order chi connectivity index (χ0) is 16.7. The van der Waals surface area contributed by atoms with Crippen LogP contribution in [0.4, 0.5) is 0 Å². The van der Waals surface area contributed by atoms with Gasteiger partial charge in [-0.3, -0.25) is 4.68 Å². The molecule has 1 N–H and O–H groups in total. The molecule has 1 aromatic heterocycles. The molecule has 2 rings (SSSR count). The summed E-state index contributed by atoms with van der Waals surface area (Å²) in [5.74, 6) is 0. The molecule has 0 fully saturated rings. The molecule has 0 aliphatic heterocycles. The highest BCUT2D eigenvalue weighted by Crippen LogP contribution is 2.27. The molecular formula is C14H17Cl2N3O2S. The summed E-state index contributed by atoms with van der Waals surface area (Å²) in [6.07, 6.45) is 0. The van der Waals surface area contributed by atoms with E-state index in [0.717, 1.165) is 5.56 Å². The van der Waals surface area contributed by atoms with Gasteiger partial charge >= 0.3 is 0 Å². The first-order chi connectivity index (χ1) is 10.1. The third-order valence-electron chi connectivity index (χ3n) is 3.49. The number of aryl methyl sites for hydroxylation is 2. The van der Waals surface area contributed by atoms with Gasteiger partial charge in [-0.05, 0) is 38.5 Å². The van der Waals surface area contributed by atoms with Crippen molar-refractivity contribution in [3.8, 4) is 0 Å². The highest BCUT2D eigenvalue weighted by molar-refractivity contribution is 7.89. The Balaban J connectivity index is 2.33. The van der Waals surface area contributed by atoms with E-state index in [0.29, 0.717) is 21.4 Å². The fraction of sp³-hybridized carbons (Fsp3) is 0.357. The van der Waals surface area contributed by atoms with Crippen molar-refractivity contribution in [2.45, 2.75) is 31.7 Å². The van der Waals surface area contributed by atoms with E-state index in [-0.39, 0.29) is 4.90 Å². The second-order valence-corrected chi connectivity index (χ2v) is 7.61. The van der Waals surface area contributed by atoms with Gasteiger partial charge in [0.15, 0.2) is 0 Å². The van der Waals surface area contributed by atoms with E-state index in [4.69, 9.17) is 23.2 Å². The van der Waals surface area contributed by atoms with E-state index in [1.807, 2.05) is 0 Å². The van der Waals surface area contributed by atoms with Crippen molar-refractivity contribution in [1.29, 1.82) is 0 Å². The summed E-state index contributed by atoms with van der Waals surface area (Å²) >= 11 is 11.9. The number of nitrogens with one attached hydrogen (secondary N) is 1. The fourth-order valence-corrected chi connectivity index (χ4v) is 4.26. The Bertz CT molecular complexity index is 816. The topological polar surface area (TPSA) is 64.0 Å². The molecule has 1 atom stereocenters. The fourth-order valence-electron chi connectivity index (χ4n) is 2.28. The Morgan fingerprint density at radius 3 is 2.36 bits per heavy atom. The molecule has 0 bridgehead atoms. The number of rotatable bonds is 4. The molecule has 120 valence electrons. The van der Waals surface area contributed by atoms with Crippen LogP contribution in [0, 0.1) is 13.8 Å². The second-order valence-electron chi connectivity index (χ2n) is 5.14. The molecule has 0 saturated heterocycles. The van der Waals surface area contributed by atoms with Gasteiger partial charge in [0.05, 0.1) is 21.4 Å². The molecule has 0 spiro atoms. The Labute approximate surface area is 140 Å². The Hall–Kier alpha value is -1.08. The number of aromatic nitrogens is 2. The molecule has 0 amide bonds. The Morgan fingerprint density at radius 2 is 1.86 bits per heavy atom. The standard InChI is InChI=1S/C14H17Cl2N3O2S/c1-8(11-5-6-12(15)13(16)7-11)18-22(20,21)14-9(2)17-19(4)10(14)3/h5-8,18H,1-4H3. The van der Waals surface area contributed by atoms with E-state index in [2.05, 4.69) is 9.82 Å². The lowest BCUT2D eigenvalue weighted by Crippen LogP contribution is -2.27. The maximum absolute atomic E-state index is 12.6. The van der Waals surface area contributed by atoms with Gasteiger partial charge < -0.3 is 0 Å². The van der Waals surface area contributed by atoms with Crippen molar-refractivity contribution >= 4 is 33.2 Å². The van der Waals surface area contributed by atoms with Crippen molar-refractivity contribution in [2.24, 2.45) is 7.05 Å². The molecule has 5 nitrogen and oxygen atoms in total. The Kier molecular flexibility index (Phi) is 4.87. The van der Waals surface area contributed by atoms with E-state index in [9.17, 15) is 8.42 Å². The molecule has 0 aliphatic carbocycles. The molecule has 8 heteroatoms. The second kappa shape index (κ2) is 6.20. The van der Waals surface area contributed by atoms with Gasteiger partial charge in [-0.25, -0.2) is 13.1 Å². The predicted molar refractivity (Wildman–Crippen MR) is 87.9 cm³/mol. The number of benzene rings is 1. The van der Waals surface area contributed by atoms with Crippen LogP contribution >= 0.6 is 23.2 Å². The summed E-state index contributed by atoms with van der Waals surface area (Å²) in [4.78, 5) is 0.210. The summed E-state index contributed by atoms with van der Waals surface area (Å²) < 4.78 is 29.4. The molecule has 1 unspecified atom stereocenters. The summed E-state index contributed by atoms with van der Waals surface area (Å²) in [6, 6.07) is 4.59.